The van der Waals surface area contributed by atoms with Crippen LogP contribution in [0, 0.1) is 18.6 Å². The molecule has 3 N–H and O–H groups in total. The van der Waals surface area contributed by atoms with E-state index in [1.807, 2.05) is 4.72 Å². The van der Waals surface area contributed by atoms with Crippen molar-refractivity contribution in [2.24, 2.45) is 0 Å². The monoisotopic (exact) mass is 382 g/mol. The molecule has 0 aliphatic heterocycles. The van der Waals surface area contributed by atoms with Crippen molar-refractivity contribution in [2.45, 2.75) is 11.1 Å². The van der Waals surface area contributed by atoms with E-state index in [0.29, 0.717) is 3.79 Å². The highest BCUT2D eigenvalue weighted by Gasteiger charge is 2.22. The third-order valence-electron chi connectivity index (χ3n) is 2.46. The van der Waals surface area contributed by atoms with Gasteiger partial charge in [0.1, 0.15) is 9.90 Å². The van der Waals surface area contributed by atoms with Crippen molar-refractivity contribution in [3.05, 3.63) is 39.2 Å². The summed E-state index contributed by atoms with van der Waals surface area (Å²) in [6.45, 7) is 1.72. The topological polar surface area (TPSA) is 72.2 Å². The normalized spacial score (nSPS) is 11.6. The Morgan fingerprint density at radius 3 is 2.55 bits per heavy atom. The number of aryl methyl sites for hydroxylation is 1. The lowest BCUT2D eigenvalue weighted by molar-refractivity contribution is 0.512. The van der Waals surface area contributed by atoms with Crippen molar-refractivity contribution in [3.63, 3.8) is 0 Å². The molecule has 0 aliphatic carbocycles. The minimum Gasteiger partial charge on any atom is -0.397 e. The van der Waals surface area contributed by atoms with Gasteiger partial charge in [-0.05, 0) is 46.6 Å². The standard InChI is InChI=1S/C11H9BrF2N2O2S2/c1-5-4-8(19-11(5)12)20(17,18)16-10-7(15)3-2-6(13)9(10)14/h2-4,16H,15H2,1H3. The Morgan fingerprint density at radius 2 is 2.00 bits per heavy atom. The van der Waals surface area contributed by atoms with Crippen molar-refractivity contribution >= 4 is 48.7 Å². The summed E-state index contributed by atoms with van der Waals surface area (Å²) in [7, 11) is -4.02. The molecule has 2 aromatic rings. The van der Waals surface area contributed by atoms with Crippen LogP contribution in [0.5, 0.6) is 0 Å². The lowest BCUT2D eigenvalue weighted by atomic mass is 10.2. The maximum Gasteiger partial charge on any atom is 0.271 e. The second-order valence-electron chi connectivity index (χ2n) is 3.95. The average molecular weight is 383 g/mol. The number of hydrogen-bond donors (Lipinski definition) is 2. The van der Waals surface area contributed by atoms with Gasteiger partial charge in [0, 0.05) is 0 Å². The second kappa shape index (κ2) is 5.30. The van der Waals surface area contributed by atoms with Gasteiger partial charge in [0.15, 0.2) is 11.6 Å². The Morgan fingerprint density at radius 1 is 1.35 bits per heavy atom. The predicted molar refractivity (Wildman–Crippen MR) is 78.3 cm³/mol. The highest BCUT2D eigenvalue weighted by Crippen LogP contribution is 2.33. The number of sulfonamides is 1. The Balaban J connectivity index is 2.46. The summed E-state index contributed by atoms with van der Waals surface area (Å²) in [5, 5.41) is 0. The molecule has 0 atom stereocenters. The van der Waals surface area contributed by atoms with Crippen LogP contribution in [0.4, 0.5) is 20.2 Å². The largest absolute Gasteiger partial charge is 0.397 e. The van der Waals surface area contributed by atoms with Crippen LogP contribution in [0.2, 0.25) is 0 Å². The van der Waals surface area contributed by atoms with E-state index in [-0.39, 0.29) is 9.90 Å². The summed E-state index contributed by atoms with van der Waals surface area (Å²) in [5.41, 5.74) is 5.41. The first kappa shape index (κ1) is 15.2. The zero-order valence-electron chi connectivity index (χ0n) is 10.1. The van der Waals surface area contributed by atoms with E-state index in [1.54, 1.807) is 6.92 Å². The number of nitrogens with two attached hydrogens (primary N) is 1. The quantitative estimate of drug-likeness (QED) is 0.798. The average Bonchev–Trinajstić information content (AvgIpc) is 2.71. The number of rotatable bonds is 3. The van der Waals surface area contributed by atoms with E-state index >= 15 is 0 Å². The summed E-state index contributed by atoms with van der Waals surface area (Å²) in [6, 6.07) is 3.34. The first-order chi connectivity index (χ1) is 9.22. The smallest absolute Gasteiger partial charge is 0.271 e. The van der Waals surface area contributed by atoms with Gasteiger partial charge in [0.2, 0.25) is 0 Å². The molecule has 1 heterocycles. The lowest BCUT2D eigenvalue weighted by Crippen LogP contribution is -2.14. The molecule has 9 heteroatoms. The summed E-state index contributed by atoms with van der Waals surface area (Å²) in [6.07, 6.45) is 0. The second-order valence-corrected chi connectivity index (χ2v) is 8.23. The molecule has 0 radical (unpaired) electrons. The van der Waals surface area contributed by atoms with Crippen molar-refractivity contribution in [1.29, 1.82) is 0 Å². The molecule has 108 valence electrons. The number of halogens is 3. The molecular weight excluding hydrogens is 374 g/mol. The summed E-state index contributed by atoms with van der Waals surface area (Å²) >= 11 is 4.17. The summed E-state index contributed by atoms with van der Waals surface area (Å²) in [5.74, 6) is -2.51. The van der Waals surface area contributed by atoms with E-state index in [9.17, 15) is 17.2 Å². The number of thiophene rings is 1. The van der Waals surface area contributed by atoms with Crippen LogP contribution < -0.4 is 10.5 Å². The van der Waals surface area contributed by atoms with Crippen molar-refractivity contribution in [1.82, 2.24) is 0 Å². The van der Waals surface area contributed by atoms with Crippen LogP contribution >= 0.6 is 27.3 Å². The molecule has 0 saturated carbocycles. The Bertz CT molecular complexity index is 755. The maximum absolute atomic E-state index is 13.6. The predicted octanol–water partition coefficient (Wildman–Crippen LogP) is 3.48. The van der Waals surface area contributed by atoms with E-state index in [1.165, 1.54) is 6.07 Å². The highest BCUT2D eigenvalue weighted by molar-refractivity contribution is 9.11. The first-order valence-corrected chi connectivity index (χ1v) is 8.34. The van der Waals surface area contributed by atoms with Gasteiger partial charge in [-0.25, -0.2) is 17.2 Å². The van der Waals surface area contributed by atoms with Gasteiger partial charge in [-0.15, -0.1) is 11.3 Å². The molecular formula is C11H9BrF2N2O2S2. The number of anilines is 2. The van der Waals surface area contributed by atoms with Gasteiger partial charge in [-0.1, -0.05) is 0 Å². The minimum absolute atomic E-state index is 0.0232. The van der Waals surface area contributed by atoms with E-state index in [4.69, 9.17) is 5.73 Å². The highest BCUT2D eigenvalue weighted by atomic mass is 79.9. The minimum atomic E-state index is -4.02. The Labute approximate surface area is 126 Å². The molecule has 0 unspecified atom stereocenters. The molecule has 2 rings (SSSR count). The molecule has 0 saturated heterocycles. The van der Waals surface area contributed by atoms with Crippen LogP contribution in [0.25, 0.3) is 0 Å². The van der Waals surface area contributed by atoms with Gasteiger partial charge in [-0.2, -0.15) is 0 Å². The number of nitrogen functional groups attached to an aromatic ring is 1. The van der Waals surface area contributed by atoms with E-state index in [0.717, 1.165) is 29.0 Å². The van der Waals surface area contributed by atoms with Gasteiger partial charge in [0.25, 0.3) is 10.0 Å². The number of benzene rings is 1. The molecule has 20 heavy (non-hydrogen) atoms. The van der Waals surface area contributed by atoms with Gasteiger partial charge < -0.3 is 5.73 Å². The van der Waals surface area contributed by atoms with Gasteiger partial charge >= 0.3 is 0 Å². The molecule has 0 fully saturated rings. The molecule has 0 bridgehead atoms. The van der Waals surface area contributed by atoms with Crippen LogP contribution in [-0.2, 0) is 10.0 Å². The van der Waals surface area contributed by atoms with Crippen LogP contribution in [0.3, 0.4) is 0 Å². The third kappa shape index (κ3) is 2.79. The van der Waals surface area contributed by atoms with Crippen molar-refractivity contribution in [2.75, 3.05) is 10.5 Å². The fourth-order valence-corrected chi connectivity index (χ4v) is 4.73. The Kier molecular flexibility index (Phi) is 4.03. The maximum atomic E-state index is 13.6. The van der Waals surface area contributed by atoms with E-state index in [2.05, 4.69) is 15.9 Å². The fraction of sp³-hybridized carbons (Fsp3) is 0.0909. The first-order valence-electron chi connectivity index (χ1n) is 5.24. The molecule has 0 aliphatic rings. The van der Waals surface area contributed by atoms with Crippen LogP contribution in [0.1, 0.15) is 5.56 Å². The van der Waals surface area contributed by atoms with Crippen LogP contribution in [0.15, 0.2) is 26.2 Å². The third-order valence-corrected chi connectivity index (χ3v) is 6.42. The van der Waals surface area contributed by atoms with Crippen molar-refractivity contribution in [3.8, 4) is 0 Å². The lowest BCUT2D eigenvalue weighted by Gasteiger charge is -2.10. The number of hydrogen-bond acceptors (Lipinski definition) is 4. The summed E-state index contributed by atoms with van der Waals surface area (Å²) in [4.78, 5) is 0. The van der Waals surface area contributed by atoms with Gasteiger partial charge in [0.05, 0.1) is 9.47 Å². The fourth-order valence-electron chi connectivity index (χ4n) is 1.42. The van der Waals surface area contributed by atoms with Crippen LogP contribution in [-0.4, -0.2) is 8.42 Å². The number of nitrogens with one attached hydrogen (secondary N) is 1. The zero-order chi connectivity index (χ0) is 15.1. The summed E-state index contributed by atoms with van der Waals surface area (Å²) < 4.78 is 53.6. The molecule has 4 nitrogen and oxygen atoms in total. The Hall–Kier alpha value is -1.19. The van der Waals surface area contributed by atoms with Gasteiger partial charge in [-0.3, -0.25) is 4.72 Å². The molecule has 1 aromatic carbocycles. The SMILES string of the molecule is Cc1cc(S(=O)(=O)Nc2c(N)ccc(F)c2F)sc1Br. The van der Waals surface area contributed by atoms with Crippen molar-refractivity contribution < 1.29 is 17.2 Å². The zero-order valence-corrected chi connectivity index (χ0v) is 13.3. The molecule has 1 aromatic heterocycles. The van der Waals surface area contributed by atoms with E-state index < -0.39 is 27.3 Å². The molecule has 0 amide bonds. The molecule has 0 spiro atoms.